The molecule has 1 unspecified atom stereocenters. The fraction of sp³-hybridized carbons (Fsp3) is 0.333. The molecule has 0 spiro atoms. The molecule has 0 saturated carbocycles. The molecule has 0 aromatic carbocycles. The summed E-state index contributed by atoms with van der Waals surface area (Å²) in [4.78, 5) is 7.81. The highest BCUT2D eigenvalue weighted by molar-refractivity contribution is 5.35. The van der Waals surface area contributed by atoms with Crippen molar-refractivity contribution in [2.75, 3.05) is 0 Å². The largest absolute Gasteiger partial charge is 0.489 e. The van der Waals surface area contributed by atoms with Gasteiger partial charge in [-0.25, -0.2) is 4.39 Å². The second kappa shape index (κ2) is 5.54. The van der Waals surface area contributed by atoms with Gasteiger partial charge in [-0.2, -0.15) is 0 Å². The smallest absolute Gasteiger partial charge is 0.141 e. The highest BCUT2D eigenvalue weighted by Gasteiger charge is 2.27. The minimum absolute atomic E-state index is 0.00725. The Morgan fingerprint density at radius 1 is 1.10 bits per heavy atom. The summed E-state index contributed by atoms with van der Waals surface area (Å²) >= 11 is 0. The number of rotatable bonds is 4. The van der Waals surface area contributed by atoms with Crippen LogP contribution < -0.4 is 4.74 Å². The van der Waals surface area contributed by atoms with Crippen LogP contribution in [0.25, 0.3) is 0 Å². The molecule has 0 fully saturated rings. The third-order valence-corrected chi connectivity index (χ3v) is 2.91. The van der Waals surface area contributed by atoms with Crippen LogP contribution in [0.15, 0.2) is 36.9 Å². The molecule has 2 aromatic rings. The minimum Gasteiger partial charge on any atom is -0.489 e. The predicted octanol–water partition coefficient (Wildman–Crippen LogP) is 2.66. The lowest BCUT2D eigenvalue weighted by Crippen LogP contribution is -2.23. The number of nitrogens with zero attached hydrogens (tertiary/aromatic N) is 2. The standard InChI is InChI=1S/C15H17FN2O2/c1-10(2)20-14-5-12(7-18-9-14)15(3,19)11-4-13(16)8-17-6-11/h4-10,19H,1-3H3. The molecule has 0 aliphatic heterocycles. The summed E-state index contributed by atoms with van der Waals surface area (Å²) in [7, 11) is 0. The van der Waals surface area contributed by atoms with Crippen molar-refractivity contribution in [1.29, 1.82) is 0 Å². The predicted molar refractivity (Wildman–Crippen MR) is 72.9 cm³/mol. The van der Waals surface area contributed by atoms with Gasteiger partial charge in [0.05, 0.1) is 18.5 Å². The molecule has 106 valence electrons. The zero-order valence-corrected chi connectivity index (χ0v) is 11.7. The first-order valence-corrected chi connectivity index (χ1v) is 6.35. The molecule has 1 atom stereocenters. The van der Waals surface area contributed by atoms with E-state index >= 15 is 0 Å². The number of ether oxygens (including phenoxy) is 1. The van der Waals surface area contributed by atoms with Crippen LogP contribution in [0.3, 0.4) is 0 Å². The van der Waals surface area contributed by atoms with Gasteiger partial charge in [-0.05, 0) is 32.9 Å². The summed E-state index contributed by atoms with van der Waals surface area (Å²) in [6.45, 7) is 5.38. The van der Waals surface area contributed by atoms with E-state index in [0.29, 0.717) is 16.9 Å². The molecule has 1 N–H and O–H groups in total. The molecule has 0 aliphatic rings. The van der Waals surface area contributed by atoms with E-state index in [9.17, 15) is 9.50 Å². The normalized spacial score (nSPS) is 14.1. The zero-order valence-electron chi connectivity index (χ0n) is 11.7. The summed E-state index contributed by atoms with van der Waals surface area (Å²) in [5.41, 5.74) is -0.512. The minimum atomic E-state index is -1.39. The Kier molecular flexibility index (Phi) is 3.99. The maximum absolute atomic E-state index is 13.3. The van der Waals surface area contributed by atoms with Gasteiger partial charge in [0.2, 0.25) is 0 Å². The molecule has 20 heavy (non-hydrogen) atoms. The molecule has 0 radical (unpaired) electrons. The molecule has 4 nitrogen and oxygen atoms in total. The average molecular weight is 276 g/mol. The lowest BCUT2D eigenvalue weighted by Gasteiger charge is -2.24. The van der Waals surface area contributed by atoms with E-state index < -0.39 is 11.4 Å². The van der Waals surface area contributed by atoms with Crippen molar-refractivity contribution in [2.24, 2.45) is 0 Å². The van der Waals surface area contributed by atoms with Crippen molar-refractivity contribution in [3.63, 3.8) is 0 Å². The monoisotopic (exact) mass is 276 g/mol. The summed E-state index contributed by atoms with van der Waals surface area (Å²) in [5.74, 6) is 0.0625. The number of aliphatic hydroxyl groups is 1. The second-order valence-electron chi connectivity index (χ2n) is 5.04. The third-order valence-electron chi connectivity index (χ3n) is 2.91. The molecule has 0 saturated heterocycles. The van der Waals surface area contributed by atoms with Crippen LogP contribution >= 0.6 is 0 Å². The molecule has 2 rings (SSSR count). The summed E-state index contributed by atoms with van der Waals surface area (Å²) < 4.78 is 18.8. The summed E-state index contributed by atoms with van der Waals surface area (Å²) in [6.07, 6.45) is 5.63. The van der Waals surface area contributed by atoms with Crippen molar-refractivity contribution in [1.82, 2.24) is 9.97 Å². The molecule has 5 heteroatoms. The Labute approximate surface area is 117 Å². The number of hydrogen-bond donors (Lipinski definition) is 1. The summed E-state index contributed by atoms with van der Waals surface area (Å²) in [5, 5.41) is 10.6. The van der Waals surface area contributed by atoms with Gasteiger partial charge in [0.25, 0.3) is 0 Å². The fourth-order valence-corrected chi connectivity index (χ4v) is 1.87. The molecule has 0 bridgehead atoms. The number of halogens is 1. The van der Waals surface area contributed by atoms with Crippen LogP contribution in [0.2, 0.25) is 0 Å². The van der Waals surface area contributed by atoms with Crippen molar-refractivity contribution in [3.8, 4) is 5.75 Å². The number of pyridine rings is 2. The Hall–Kier alpha value is -2.01. The maximum atomic E-state index is 13.3. The van der Waals surface area contributed by atoms with Gasteiger partial charge < -0.3 is 9.84 Å². The van der Waals surface area contributed by atoms with E-state index in [1.807, 2.05) is 13.8 Å². The Balaban J connectivity index is 2.38. The maximum Gasteiger partial charge on any atom is 0.141 e. The molecule has 0 amide bonds. The molecule has 2 heterocycles. The SMILES string of the molecule is CC(C)Oc1cncc(C(C)(O)c2cncc(F)c2)c1. The fourth-order valence-electron chi connectivity index (χ4n) is 1.87. The highest BCUT2D eigenvalue weighted by Crippen LogP contribution is 2.30. The summed E-state index contributed by atoms with van der Waals surface area (Å²) in [6, 6.07) is 2.95. The van der Waals surface area contributed by atoms with Gasteiger partial charge in [-0.3, -0.25) is 9.97 Å². The first-order chi connectivity index (χ1) is 9.39. The van der Waals surface area contributed by atoms with Crippen LogP contribution in [-0.2, 0) is 5.60 Å². The van der Waals surface area contributed by atoms with Crippen LogP contribution in [0, 0.1) is 5.82 Å². The van der Waals surface area contributed by atoms with Crippen LogP contribution in [0.5, 0.6) is 5.75 Å². The third kappa shape index (κ3) is 3.11. The lowest BCUT2D eigenvalue weighted by molar-refractivity contribution is 0.100. The first-order valence-electron chi connectivity index (χ1n) is 6.35. The van der Waals surface area contributed by atoms with Gasteiger partial charge in [0, 0.05) is 23.5 Å². The van der Waals surface area contributed by atoms with E-state index in [2.05, 4.69) is 9.97 Å². The van der Waals surface area contributed by atoms with Crippen molar-refractivity contribution < 1.29 is 14.2 Å². The average Bonchev–Trinajstić information content (AvgIpc) is 2.38. The number of hydrogen-bond acceptors (Lipinski definition) is 4. The quantitative estimate of drug-likeness (QED) is 0.932. The van der Waals surface area contributed by atoms with Crippen molar-refractivity contribution >= 4 is 0 Å². The number of aromatic nitrogens is 2. The zero-order chi connectivity index (χ0) is 14.8. The van der Waals surface area contributed by atoms with Crippen LogP contribution in [0.4, 0.5) is 4.39 Å². The Morgan fingerprint density at radius 2 is 1.70 bits per heavy atom. The Bertz CT molecular complexity index is 600. The topological polar surface area (TPSA) is 55.2 Å². The Morgan fingerprint density at radius 3 is 2.30 bits per heavy atom. The molecule has 2 aromatic heterocycles. The van der Waals surface area contributed by atoms with Gasteiger partial charge in [-0.15, -0.1) is 0 Å². The van der Waals surface area contributed by atoms with E-state index in [0.717, 1.165) is 6.20 Å². The first kappa shape index (κ1) is 14.4. The highest BCUT2D eigenvalue weighted by atomic mass is 19.1. The van der Waals surface area contributed by atoms with E-state index in [1.54, 1.807) is 19.2 Å². The molecule has 0 aliphatic carbocycles. The van der Waals surface area contributed by atoms with Gasteiger partial charge >= 0.3 is 0 Å². The van der Waals surface area contributed by atoms with Gasteiger partial charge in [-0.1, -0.05) is 0 Å². The molecular weight excluding hydrogens is 259 g/mol. The van der Waals surface area contributed by atoms with Crippen molar-refractivity contribution in [2.45, 2.75) is 32.5 Å². The van der Waals surface area contributed by atoms with Crippen molar-refractivity contribution in [3.05, 3.63) is 53.9 Å². The van der Waals surface area contributed by atoms with E-state index in [-0.39, 0.29) is 6.10 Å². The molecular formula is C15H17FN2O2. The second-order valence-corrected chi connectivity index (χ2v) is 5.04. The van der Waals surface area contributed by atoms with E-state index in [4.69, 9.17) is 4.74 Å². The van der Waals surface area contributed by atoms with Gasteiger partial charge in [0.1, 0.15) is 17.2 Å². The lowest BCUT2D eigenvalue weighted by atomic mass is 9.90. The van der Waals surface area contributed by atoms with Gasteiger partial charge in [0.15, 0.2) is 0 Å². The van der Waals surface area contributed by atoms with Crippen LogP contribution in [0.1, 0.15) is 31.9 Å². The van der Waals surface area contributed by atoms with E-state index in [1.165, 1.54) is 18.5 Å². The van der Waals surface area contributed by atoms with Crippen LogP contribution in [-0.4, -0.2) is 21.2 Å².